The van der Waals surface area contributed by atoms with Crippen molar-refractivity contribution in [2.24, 2.45) is 5.73 Å². The second kappa shape index (κ2) is 8.21. The number of carbonyl (C=O) groups is 2. The lowest BCUT2D eigenvalue weighted by atomic mass is 10.1. The highest BCUT2D eigenvalue weighted by molar-refractivity contribution is 6.32. The fourth-order valence-corrected chi connectivity index (χ4v) is 3.14. The van der Waals surface area contributed by atoms with Gasteiger partial charge in [0.15, 0.2) is 0 Å². The molecule has 2 rings (SSSR count). The molecular weight excluding hydrogens is 334 g/mol. The molecule has 1 aliphatic rings. The average molecular weight is 356 g/mol. The number of nitrogens with zero attached hydrogens (tertiary/aromatic N) is 2. The summed E-state index contributed by atoms with van der Waals surface area (Å²) in [6, 6.07) is 5.43. The zero-order chi connectivity index (χ0) is 17.7. The molecule has 1 saturated heterocycles. The molecule has 1 aromatic carbocycles. The number of piperazine rings is 1. The minimum absolute atomic E-state index is 0.156. The molecule has 132 valence electrons. The van der Waals surface area contributed by atoms with Crippen LogP contribution in [0.5, 0.6) is 5.75 Å². The number of primary amides is 1. The first-order valence-electron chi connectivity index (χ1n) is 7.62. The number of nitrogens with two attached hydrogens (primary N) is 1. The summed E-state index contributed by atoms with van der Waals surface area (Å²) in [4.78, 5) is 26.8. The lowest BCUT2D eigenvalue weighted by Crippen LogP contribution is -2.55. The third-order valence-electron chi connectivity index (χ3n) is 4.08. The minimum Gasteiger partial charge on any atom is -0.495 e. The topological polar surface area (TPSA) is 85.1 Å². The first-order valence-corrected chi connectivity index (χ1v) is 8.00. The number of methoxy groups -OCH3 is 2. The van der Waals surface area contributed by atoms with Gasteiger partial charge in [0.2, 0.25) is 5.91 Å². The van der Waals surface area contributed by atoms with Gasteiger partial charge in [-0.25, -0.2) is 4.79 Å². The van der Waals surface area contributed by atoms with Gasteiger partial charge in [0.05, 0.1) is 19.2 Å². The number of hydrogen-bond donors (Lipinski definition) is 1. The van der Waals surface area contributed by atoms with E-state index >= 15 is 0 Å². The first-order chi connectivity index (χ1) is 11.4. The van der Waals surface area contributed by atoms with Crippen LogP contribution in [0, 0.1) is 0 Å². The van der Waals surface area contributed by atoms with Crippen molar-refractivity contribution >= 4 is 23.6 Å². The second-order valence-electron chi connectivity index (χ2n) is 5.68. The second-order valence-corrected chi connectivity index (χ2v) is 6.09. The third kappa shape index (κ3) is 4.52. The smallest absolute Gasteiger partial charge is 0.409 e. The highest BCUT2D eigenvalue weighted by Gasteiger charge is 2.31. The summed E-state index contributed by atoms with van der Waals surface area (Å²) in [6.07, 6.45) is -0.214. The lowest BCUT2D eigenvalue weighted by molar-refractivity contribution is -0.119. The molecule has 8 heteroatoms. The Balaban J connectivity index is 2.10. The fourth-order valence-electron chi connectivity index (χ4n) is 2.86. The Morgan fingerprint density at radius 3 is 2.67 bits per heavy atom. The normalized spacial score (nSPS) is 18.3. The molecule has 1 fully saturated rings. The SMILES string of the molecule is COC(=O)N1CCN(Cc2ccc(OC)c(Cl)c2)C(CC(N)=O)C1. The Morgan fingerprint density at radius 1 is 1.33 bits per heavy atom. The first kappa shape index (κ1) is 18.4. The van der Waals surface area contributed by atoms with E-state index in [0.717, 1.165) is 5.56 Å². The highest BCUT2D eigenvalue weighted by atomic mass is 35.5. The Labute approximate surface area is 146 Å². The highest BCUT2D eigenvalue weighted by Crippen LogP contribution is 2.26. The van der Waals surface area contributed by atoms with Gasteiger partial charge in [0, 0.05) is 38.6 Å². The Bertz CT molecular complexity index is 611. The number of rotatable bonds is 5. The van der Waals surface area contributed by atoms with Crippen LogP contribution in [0.15, 0.2) is 18.2 Å². The minimum atomic E-state index is -0.399. The van der Waals surface area contributed by atoms with Crippen LogP contribution in [0.1, 0.15) is 12.0 Å². The van der Waals surface area contributed by atoms with E-state index in [1.54, 1.807) is 12.0 Å². The standard InChI is InChI=1S/C16H22ClN3O4/c1-23-14-4-3-11(7-13(14)17)9-19-5-6-20(16(22)24-2)10-12(19)8-15(18)21/h3-4,7,12H,5-6,8-10H2,1-2H3,(H2,18,21). The van der Waals surface area contributed by atoms with Crippen LogP contribution in [0.4, 0.5) is 4.79 Å². The van der Waals surface area contributed by atoms with E-state index in [-0.39, 0.29) is 12.5 Å². The molecule has 2 amide bonds. The summed E-state index contributed by atoms with van der Waals surface area (Å²) in [6.45, 7) is 2.17. The van der Waals surface area contributed by atoms with E-state index in [1.165, 1.54) is 7.11 Å². The summed E-state index contributed by atoms with van der Waals surface area (Å²) >= 11 is 6.16. The third-order valence-corrected chi connectivity index (χ3v) is 4.37. The van der Waals surface area contributed by atoms with Crippen molar-refractivity contribution in [2.75, 3.05) is 33.9 Å². The van der Waals surface area contributed by atoms with Gasteiger partial charge in [-0.05, 0) is 17.7 Å². The van der Waals surface area contributed by atoms with Crippen molar-refractivity contribution in [3.8, 4) is 5.75 Å². The van der Waals surface area contributed by atoms with Gasteiger partial charge < -0.3 is 20.1 Å². The molecule has 1 aliphatic heterocycles. The maximum atomic E-state index is 11.7. The van der Waals surface area contributed by atoms with Crippen LogP contribution >= 0.6 is 11.6 Å². The van der Waals surface area contributed by atoms with E-state index in [1.807, 2.05) is 18.2 Å². The molecule has 0 aromatic heterocycles. The van der Waals surface area contributed by atoms with E-state index < -0.39 is 12.0 Å². The molecule has 1 unspecified atom stereocenters. The molecule has 24 heavy (non-hydrogen) atoms. The van der Waals surface area contributed by atoms with Crippen molar-refractivity contribution < 1.29 is 19.1 Å². The molecule has 1 aromatic rings. The van der Waals surface area contributed by atoms with Crippen molar-refractivity contribution in [1.82, 2.24) is 9.80 Å². The van der Waals surface area contributed by atoms with E-state index in [4.69, 9.17) is 26.8 Å². The number of ether oxygens (including phenoxy) is 2. The van der Waals surface area contributed by atoms with Gasteiger partial charge in [-0.3, -0.25) is 9.69 Å². The molecule has 1 heterocycles. The van der Waals surface area contributed by atoms with Crippen LogP contribution in [-0.2, 0) is 16.1 Å². The Morgan fingerprint density at radius 2 is 2.08 bits per heavy atom. The summed E-state index contributed by atoms with van der Waals surface area (Å²) in [7, 11) is 2.91. The van der Waals surface area contributed by atoms with E-state index in [0.29, 0.717) is 37.0 Å². The van der Waals surface area contributed by atoms with Gasteiger partial charge in [-0.1, -0.05) is 17.7 Å². The molecule has 0 aliphatic carbocycles. The lowest BCUT2D eigenvalue weighted by Gasteiger charge is -2.40. The van der Waals surface area contributed by atoms with Gasteiger partial charge in [0.25, 0.3) is 0 Å². The maximum Gasteiger partial charge on any atom is 0.409 e. The maximum absolute atomic E-state index is 11.7. The summed E-state index contributed by atoms with van der Waals surface area (Å²) < 4.78 is 9.91. The number of benzene rings is 1. The molecule has 0 saturated carbocycles. The Kier molecular flexibility index (Phi) is 6.28. The van der Waals surface area contributed by atoms with Crippen molar-refractivity contribution in [3.63, 3.8) is 0 Å². The molecule has 0 spiro atoms. The van der Waals surface area contributed by atoms with Crippen LogP contribution in [-0.4, -0.2) is 61.7 Å². The van der Waals surface area contributed by atoms with Crippen molar-refractivity contribution in [3.05, 3.63) is 28.8 Å². The number of amides is 2. The van der Waals surface area contributed by atoms with Crippen LogP contribution in [0.25, 0.3) is 0 Å². The summed E-state index contributed by atoms with van der Waals surface area (Å²) in [5.74, 6) is 0.217. The van der Waals surface area contributed by atoms with E-state index in [9.17, 15) is 9.59 Å². The zero-order valence-electron chi connectivity index (χ0n) is 13.8. The number of carbonyl (C=O) groups excluding carboxylic acids is 2. The van der Waals surface area contributed by atoms with Crippen LogP contribution < -0.4 is 10.5 Å². The Hall–Kier alpha value is -1.99. The average Bonchev–Trinajstić information content (AvgIpc) is 2.55. The van der Waals surface area contributed by atoms with Crippen LogP contribution in [0.3, 0.4) is 0 Å². The molecule has 0 radical (unpaired) electrons. The van der Waals surface area contributed by atoms with Crippen LogP contribution in [0.2, 0.25) is 5.02 Å². The van der Waals surface area contributed by atoms with Gasteiger partial charge in [0.1, 0.15) is 5.75 Å². The number of hydrogen-bond acceptors (Lipinski definition) is 5. The predicted octanol–water partition coefficient (Wildman–Crippen LogP) is 1.48. The van der Waals surface area contributed by atoms with Gasteiger partial charge in [-0.15, -0.1) is 0 Å². The van der Waals surface area contributed by atoms with Gasteiger partial charge in [-0.2, -0.15) is 0 Å². The monoisotopic (exact) mass is 355 g/mol. The predicted molar refractivity (Wildman–Crippen MR) is 90.0 cm³/mol. The summed E-state index contributed by atoms with van der Waals surface area (Å²) in [5.41, 5.74) is 6.36. The molecule has 1 atom stereocenters. The number of halogens is 1. The zero-order valence-corrected chi connectivity index (χ0v) is 14.6. The molecule has 0 bridgehead atoms. The summed E-state index contributed by atoms with van der Waals surface area (Å²) in [5, 5.41) is 0.537. The van der Waals surface area contributed by atoms with E-state index in [2.05, 4.69) is 4.90 Å². The molecule has 2 N–H and O–H groups in total. The van der Waals surface area contributed by atoms with Crippen molar-refractivity contribution in [2.45, 2.75) is 19.0 Å². The van der Waals surface area contributed by atoms with Gasteiger partial charge >= 0.3 is 6.09 Å². The largest absolute Gasteiger partial charge is 0.495 e. The quantitative estimate of drug-likeness (QED) is 0.864. The van der Waals surface area contributed by atoms with Crippen molar-refractivity contribution in [1.29, 1.82) is 0 Å². The molecule has 7 nitrogen and oxygen atoms in total. The molecular formula is C16H22ClN3O4. The fraction of sp³-hybridized carbons (Fsp3) is 0.500.